The molecule has 9 heteroatoms. The first-order valence-corrected chi connectivity index (χ1v) is 10.5. The third kappa shape index (κ3) is 6.02. The summed E-state index contributed by atoms with van der Waals surface area (Å²) in [6.07, 6.45) is 0.112. The van der Waals surface area contributed by atoms with Crippen molar-refractivity contribution < 1.29 is 19.1 Å². The van der Waals surface area contributed by atoms with Crippen LogP contribution in [0.2, 0.25) is 0 Å². The molecule has 2 amide bonds. The number of alkyl carbamates (subject to hydrolysis) is 1. The first-order chi connectivity index (χ1) is 14.7. The van der Waals surface area contributed by atoms with Gasteiger partial charge in [0.25, 0.3) is 5.91 Å². The van der Waals surface area contributed by atoms with Crippen molar-refractivity contribution in [2.75, 3.05) is 11.9 Å². The van der Waals surface area contributed by atoms with Crippen molar-refractivity contribution in [2.45, 2.75) is 26.9 Å². The van der Waals surface area contributed by atoms with Crippen molar-refractivity contribution in [2.24, 2.45) is 5.41 Å². The lowest BCUT2D eigenvalue weighted by atomic mass is 9.84. The van der Waals surface area contributed by atoms with E-state index < -0.39 is 35.8 Å². The summed E-state index contributed by atoms with van der Waals surface area (Å²) in [5.74, 6) is -1.38. The maximum Gasteiger partial charge on any atom is 0.408 e. The highest BCUT2D eigenvalue weighted by Crippen LogP contribution is 2.38. The number of nitrogens with one attached hydrogen (secondary N) is 3. The number of nitrogens with zero attached hydrogens (tertiary/aromatic N) is 1. The van der Waals surface area contributed by atoms with E-state index in [2.05, 4.69) is 20.8 Å². The molecule has 162 valence electrons. The van der Waals surface area contributed by atoms with Gasteiger partial charge in [0, 0.05) is 16.4 Å². The van der Waals surface area contributed by atoms with Crippen LogP contribution in [-0.4, -0.2) is 34.5 Å². The number of rotatable bonds is 7. The molecule has 3 aromatic rings. The molecule has 0 fully saturated rings. The van der Waals surface area contributed by atoms with Gasteiger partial charge < -0.3 is 15.4 Å². The quantitative estimate of drug-likeness (QED) is 0.478. The van der Waals surface area contributed by atoms with Crippen molar-refractivity contribution >= 4 is 34.9 Å². The lowest BCUT2D eigenvalue weighted by molar-refractivity contribution is -0.134. The first-order valence-electron chi connectivity index (χ1n) is 9.66. The Morgan fingerprint density at radius 3 is 2.61 bits per heavy atom. The largest absolute Gasteiger partial charge is 0.441 e. The Morgan fingerprint density at radius 2 is 1.97 bits per heavy atom. The van der Waals surface area contributed by atoms with Crippen LogP contribution in [0.3, 0.4) is 0 Å². The predicted molar refractivity (Wildman–Crippen MR) is 119 cm³/mol. The molecule has 2 aromatic heterocycles. The zero-order valence-electron chi connectivity index (χ0n) is 17.5. The van der Waals surface area contributed by atoms with Crippen molar-refractivity contribution in [3.05, 3.63) is 59.6 Å². The number of hydrogen-bond donors (Lipinski definition) is 3. The van der Waals surface area contributed by atoms with Crippen molar-refractivity contribution in [1.82, 2.24) is 15.5 Å². The van der Waals surface area contributed by atoms with Crippen LogP contribution in [0.1, 0.15) is 32.4 Å². The van der Waals surface area contributed by atoms with E-state index in [0.717, 1.165) is 16.0 Å². The summed E-state index contributed by atoms with van der Waals surface area (Å²) < 4.78 is 5.66. The molecule has 2 heterocycles. The lowest BCUT2D eigenvalue weighted by Gasteiger charge is -2.31. The fraction of sp³-hybridized carbons (Fsp3) is 0.273. The molecule has 0 bridgehead atoms. The molecule has 0 saturated heterocycles. The van der Waals surface area contributed by atoms with Gasteiger partial charge in [-0.15, -0.1) is 11.3 Å². The van der Waals surface area contributed by atoms with Crippen LogP contribution >= 0.6 is 11.3 Å². The fourth-order valence-electron chi connectivity index (χ4n) is 2.94. The van der Waals surface area contributed by atoms with Gasteiger partial charge in [0.15, 0.2) is 0 Å². The molecule has 8 nitrogen and oxygen atoms in total. The Labute approximate surface area is 184 Å². The summed E-state index contributed by atoms with van der Waals surface area (Å²) in [6.45, 7) is 5.41. The number of aromatic amines is 1. The van der Waals surface area contributed by atoms with Gasteiger partial charge in [-0.05, 0) is 28.6 Å². The molecule has 0 aliphatic rings. The molecule has 3 rings (SSSR count). The van der Waals surface area contributed by atoms with Gasteiger partial charge >= 0.3 is 6.09 Å². The molecular weight excluding hydrogens is 416 g/mol. The average molecular weight is 441 g/mol. The molecule has 3 N–H and O–H groups in total. The van der Waals surface area contributed by atoms with Crippen molar-refractivity contribution in [3.63, 3.8) is 0 Å². The number of benzene rings is 1. The van der Waals surface area contributed by atoms with Crippen LogP contribution in [0.25, 0.3) is 10.4 Å². The standard InChI is InChI=1S/C22H24N4O4S/c1-22(2,3)19(15-7-4-6-14(12-15)17-8-5-11-31-17)30-21(29)23-13-16(27)20(28)25-18-9-10-24-26-18/h4-12,19H,13H2,1-3H3,(H,23,29)(H2,24,25,26,28)/t19-/m0/s1. The molecule has 0 aliphatic heterocycles. The maximum atomic E-state index is 12.4. The Hall–Kier alpha value is -3.46. The number of thiophene rings is 1. The van der Waals surface area contributed by atoms with Crippen LogP contribution in [0.5, 0.6) is 0 Å². The van der Waals surface area contributed by atoms with E-state index in [9.17, 15) is 14.4 Å². The number of aromatic nitrogens is 2. The van der Waals surface area contributed by atoms with Gasteiger partial charge in [-0.3, -0.25) is 14.7 Å². The molecule has 0 radical (unpaired) electrons. The smallest absolute Gasteiger partial charge is 0.408 e. The summed E-state index contributed by atoms with van der Waals surface area (Å²) in [5.41, 5.74) is 1.49. The highest BCUT2D eigenvalue weighted by molar-refractivity contribution is 7.13. The number of carbonyl (C=O) groups excluding carboxylic acids is 3. The van der Waals surface area contributed by atoms with E-state index in [0.29, 0.717) is 5.82 Å². The normalized spacial score (nSPS) is 12.1. The molecular formula is C22H24N4O4S. The average Bonchev–Trinajstić information content (AvgIpc) is 3.43. The number of H-pyrrole nitrogens is 1. The summed E-state index contributed by atoms with van der Waals surface area (Å²) in [5, 5.41) is 12.9. The zero-order valence-corrected chi connectivity index (χ0v) is 18.3. The van der Waals surface area contributed by atoms with Crippen LogP contribution in [0, 0.1) is 5.41 Å². The van der Waals surface area contributed by atoms with E-state index in [1.54, 1.807) is 11.3 Å². The van der Waals surface area contributed by atoms with E-state index in [1.807, 2.05) is 62.5 Å². The van der Waals surface area contributed by atoms with Crippen molar-refractivity contribution in [3.8, 4) is 10.4 Å². The number of amides is 2. The first kappa shape index (κ1) is 22.2. The Balaban J connectivity index is 1.63. The third-order valence-corrected chi connectivity index (χ3v) is 5.32. The third-order valence-electron chi connectivity index (χ3n) is 4.40. The number of hydrogen-bond acceptors (Lipinski definition) is 6. The molecule has 0 aliphatic carbocycles. The highest BCUT2D eigenvalue weighted by atomic mass is 32.1. The molecule has 0 spiro atoms. The van der Waals surface area contributed by atoms with Crippen LogP contribution in [0.15, 0.2) is 54.0 Å². The predicted octanol–water partition coefficient (Wildman–Crippen LogP) is 4.16. The van der Waals surface area contributed by atoms with Crippen LogP contribution in [0.4, 0.5) is 10.6 Å². The van der Waals surface area contributed by atoms with E-state index >= 15 is 0 Å². The van der Waals surface area contributed by atoms with E-state index in [1.165, 1.54) is 12.3 Å². The summed E-state index contributed by atoms with van der Waals surface area (Å²) >= 11 is 1.63. The Kier molecular flexibility index (Phi) is 6.86. The van der Waals surface area contributed by atoms with Gasteiger partial charge in [-0.1, -0.05) is 45.0 Å². The second-order valence-corrected chi connectivity index (χ2v) is 8.90. The Morgan fingerprint density at radius 1 is 1.16 bits per heavy atom. The van der Waals surface area contributed by atoms with Gasteiger partial charge in [0.2, 0.25) is 5.78 Å². The number of ketones is 1. The monoisotopic (exact) mass is 440 g/mol. The minimum atomic E-state index is -0.861. The molecule has 1 atom stereocenters. The molecule has 1 aromatic carbocycles. The van der Waals surface area contributed by atoms with Gasteiger partial charge in [-0.25, -0.2) is 4.79 Å². The SMILES string of the molecule is CC(C)(C)[C@@H](OC(=O)NCC(=O)C(=O)Nc1ccn[nH]1)c1cccc(-c2cccs2)c1. The van der Waals surface area contributed by atoms with Crippen LogP contribution in [-0.2, 0) is 14.3 Å². The summed E-state index contributed by atoms with van der Waals surface area (Å²) in [4.78, 5) is 37.4. The van der Waals surface area contributed by atoms with E-state index in [-0.39, 0.29) is 0 Å². The minimum Gasteiger partial charge on any atom is -0.441 e. The highest BCUT2D eigenvalue weighted by Gasteiger charge is 2.30. The molecule has 0 saturated carbocycles. The minimum absolute atomic E-state index is 0.291. The van der Waals surface area contributed by atoms with E-state index in [4.69, 9.17) is 4.74 Å². The number of anilines is 1. The van der Waals surface area contributed by atoms with Crippen molar-refractivity contribution in [1.29, 1.82) is 0 Å². The molecule has 0 unspecified atom stereocenters. The lowest BCUT2D eigenvalue weighted by Crippen LogP contribution is -2.38. The molecule has 31 heavy (non-hydrogen) atoms. The maximum absolute atomic E-state index is 12.4. The van der Waals surface area contributed by atoms with Gasteiger partial charge in [0.1, 0.15) is 11.9 Å². The van der Waals surface area contributed by atoms with Gasteiger partial charge in [0.05, 0.1) is 12.7 Å². The number of ether oxygens (including phenoxy) is 1. The number of Topliss-reactive ketones (excluding diaryl/α,β-unsaturated/α-hetero) is 1. The number of carbonyl (C=O) groups is 3. The zero-order chi connectivity index (χ0) is 22.4. The fourth-order valence-corrected chi connectivity index (χ4v) is 3.67. The second-order valence-electron chi connectivity index (χ2n) is 7.96. The summed E-state index contributed by atoms with van der Waals surface area (Å²) in [6, 6.07) is 13.4. The Bertz CT molecular complexity index is 1040. The van der Waals surface area contributed by atoms with Gasteiger partial charge in [-0.2, -0.15) is 5.10 Å². The second kappa shape index (κ2) is 9.57. The van der Waals surface area contributed by atoms with Crippen LogP contribution < -0.4 is 10.6 Å². The summed E-state index contributed by atoms with van der Waals surface area (Å²) in [7, 11) is 0. The topological polar surface area (TPSA) is 113 Å².